The van der Waals surface area contributed by atoms with E-state index >= 15 is 0 Å². The fourth-order valence-corrected chi connectivity index (χ4v) is 2.01. The van der Waals surface area contributed by atoms with Gasteiger partial charge in [0.25, 0.3) is 0 Å². The number of aromatic nitrogens is 1. The van der Waals surface area contributed by atoms with Crippen molar-refractivity contribution >= 4 is 34.0 Å². The van der Waals surface area contributed by atoms with Crippen LogP contribution >= 0.6 is 11.6 Å². The van der Waals surface area contributed by atoms with Crippen LogP contribution in [0.25, 0.3) is 10.9 Å². The van der Waals surface area contributed by atoms with Gasteiger partial charge in [0.05, 0.1) is 11.4 Å². The monoisotopic (exact) mass is 262 g/mol. The number of pyridine rings is 1. The Morgan fingerprint density at radius 1 is 1.44 bits per heavy atom. The minimum atomic E-state index is 0.197. The first-order chi connectivity index (χ1) is 8.58. The van der Waals surface area contributed by atoms with E-state index in [2.05, 4.69) is 9.88 Å². The molecular formula is C13H15ClN4. The van der Waals surface area contributed by atoms with E-state index in [1.54, 1.807) is 6.20 Å². The summed E-state index contributed by atoms with van der Waals surface area (Å²) in [6.45, 7) is 0.705. The predicted molar refractivity (Wildman–Crippen MR) is 76.6 cm³/mol. The van der Waals surface area contributed by atoms with E-state index in [1.165, 1.54) is 0 Å². The largest absolute Gasteiger partial charge is 0.388 e. The Balaban J connectivity index is 2.35. The van der Waals surface area contributed by atoms with Gasteiger partial charge in [0, 0.05) is 42.3 Å². The van der Waals surface area contributed by atoms with Crippen LogP contribution in [0.4, 0.5) is 5.69 Å². The molecule has 1 heterocycles. The van der Waals surface area contributed by atoms with Crippen molar-refractivity contribution in [3.8, 4) is 0 Å². The van der Waals surface area contributed by atoms with Crippen LogP contribution in [0.5, 0.6) is 0 Å². The van der Waals surface area contributed by atoms with Gasteiger partial charge < -0.3 is 10.6 Å². The number of benzene rings is 1. The van der Waals surface area contributed by atoms with Crippen molar-refractivity contribution in [1.82, 2.24) is 4.98 Å². The van der Waals surface area contributed by atoms with E-state index in [-0.39, 0.29) is 5.84 Å². The maximum atomic E-state index is 7.26. The SMILES string of the molecule is CN(CCC(=N)N)c1ccnc2cc(Cl)ccc12. The number of nitrogens with one attached hydrogen (secondary N) is 1. The molecule has 4 nitrogen and oxygen atoms in total. The number of nitrogens with zero attached hydrogens (tertiary/aromatic N) is 2. The normalized spacial score (nSPS) is 10.6. The summed E-state index contributed by atoms with van der Waals surface area (Å²) in [4.78, 5) is 6.37. The van der Waals surface area contributed by atoms with Gasteiger partial charge in [-0.1, -0.05) is 11.6 Å². The number of hydrogen-bond donors (Lipinski definition) is 2. The maximum Gasteiger partial charge on any atom is 0.0923 e. The molecule has 5 heteroatoms. The Kier molecular flexibility index (Phi) is 3.67. The summed E-state index contributed by atoms with van der Waals surface area (Å²) in [5.74, 6) is 0.197. The molecule has 0 amide bonds. The fourth-order valence-electron chi connectivity index (χ4n) is 1.85. The quantitative estimate of drug-likeness (QED) is 0.658. The number of halogens is 1. The molecular weight excluding hydrogens is 248 g/mol. The highest BCUT2D eigenvalue weighted by Crippen LogP contribution is 2.26. The zero-order valence-electron chi connectivity index (χ0n) is 10.2. The van der Waals surface area contributed by atoms with Gasteiger partial charge in [-0.3, -0.25) is 10.4 Å². The fraction of sp³-hybridized carbons (Fsp3) is 0.231. The molecule has 0 aliphatic heterocycles. The van der Waals surface area contributed by atoms with Crippen LogP contribution in [0, 0.1) is 5.41 Å². The molecule has 0 unspecified atom stereocenters. The van der Waals surface area contributed by atoms with Crippen molar-refractivity contribution in [3.63, 3.8) is 0 Å². The van der Waals surface area contributed by atoms with Crippen molar-refractivity contribution in [2.45, 2.75) is 6.42 Å². The summed E-state index contributed by atoms with van der Waals surface area (Å²) >= 11 is 5.96. The van der Waals surface area contributed by atoms with E-state index in [0.717, 1.165) is 16.6 Å². The van der Waals surface area contributed by atoms with Crippen molar-refractivity contribution in [2.24, 2.45) is 5.73 Å². The second-order valence-corrected chi connectivity index (χ2v) is 4.62. The molecule has 0 fully saturated rings. The summed E-state index contributed by atoms with van der Waals surface area (Å²) in [5, 5.41) is 8.99. The molecule has 0 saturated carbocycles. The Bertz CT molecular complexity index is 582. The van der Waals surface area contributed by atoms with Crippen LogP contribution in [0.15, 0.2) is 30.5 Å². The van der Waals surface area contributed by atoms with Gasteiger partial charge in [-0.15, -0.1) is 0 Å². The van der Waals surface area contributed by atoms with E-state index in [9.17, 15) is 0 Å². The van der Waals surface area contributed by atoms with Crippen LogP contribution < -0.4 is 10.6 Å². The van der Waals surface area contributed by atoms with Gasteiger partial charge in [-0.25, -0.2) is 0 Å². The number of rotatable bonds is 4. The third-order valence-electron chi connectivity index (χ3n) is 2.81. The summed E-state index contributed by atoms with van der Waals surface area (Å²) in [7, 11) is 1.98. The Morgan fingerprint density at radius 3 is 2.94 bits per heavy atom. The van der Waals surface area contributed by atoms with Gasteiger partial charge in [0.2, 0.25) is 0 Å². The zero-order chi connectivity index (χ0) is 13.1. The van der Waals surface area contributed by atoms with E-state index in [4.69, 9.17) is 22.7 Å². The molecule has 18 heavy (non-hydrogen) atoms. The third kappa shape index (κ3) is 2.71. The molecule has 0 bridgehead atoms. The summed E-state index contributed by atoms with van der Waals surface area (Å²) < 4.78 is 0. The first kappa shape index (κ1) is 12.6. The summed E-state index contributed by atoms with van der Waals surface area (Å²) in [6.07, 6.45) is 2.31. The van der Waals surface area contributed by atoms with Crippen LogP contribution in [0.1, 0.15) is 6.42 Å². The van der Waals surface area contributed by atoms with Gasteiger partial charge in [-0.2, -0.15) is 0 Å². The molecule has 1 aromatic heterocycles. The van der Waals surface area contributed by atoms with Crippen LogP contribution in [0.3, 0.4) is 0 Å². The van der Waals surface area contributed by atoms with Gasteiger partial charge in [-0.05, 0) is 24.3 Å². The van der Waals surface area contributed by atoms with Crippen LogP contribution in [-0.4, -0.2) is 24.4 Å². The summed E-state index contributed by atoms with van der Waals surface area (Å²) in [6, 6.07) is 7.62. The van der Waals surface area contributed by atoms with Crippen LogP contribution in [-0.2, 0) is 0 Å². The average molecular weight is 263 g/mol. The molecule has 0 aliphatic rings. The first-order valence-corrected chi connectivity index (χ1v) is 6.04. The zero-order valence-corrected chi connectivity index (χ0v) is 10.9. The highest BCUT2D eigenvalue weighted by atomic mass is 35.5. The lowest BCUT2D eigenvalue weighted by molar-refractivity contribution is 0.914. The topological polar surface area (TPSA) is 66.0 Å². The Hall–Kier alpha value is -1.81. The second kappa shape index (κ2) is 5.23. The molecule has 94 valence electrons. The number of fused-ring (bicyclic) bond motifs is 1. The van der Waals surface area contributed by atoms with Gasteiger partial charge in [0.15, 0.2) is 0 Å². The lowest BCUT2D eigenvalue weighted by Crippen LogP contribution is -2.23. The van der Waals surface area contributed by atoms with Crippen molar-refractivity contribution < 1.29 is 0 Å². The highest BCUT2D eigenvalue weighted by molar-refractivity contribution is 6.31. The van der Waals surface area contributed by atoms with E-state index < -0.39 is 0 Å². The van der Waals surface area contributed by atoms with E-state index in [1.807, 2.05) is 31.3 Å². The lowest BCUT2D eigenvalue weighted by atomic mass is 10.1. The molecule has 2 rings (SSSR count). The van der Waals surface area contributed by atoms with Crippen molar-refractivity contribution in [3.05, 3.63) is 35.5 Å². The minimum Gasteiger partial charge on any atom is -0.388 e. The van der Waals surface area contributed by atoms with Gasteiger partial charge in [0.1, 0.15) is 0 Å². The number of hydrogen-bond acceptors (Lipinski definition) is 3. The molecule has 2 aromatic rings. The Morgan fingerprint density at radius 2 is 2.22 bits per heavy atom. The lowest BCUT2D eigenvalue weighted by Gasteiger charge is -2.20. The summed E-state index contributed by atoms with van der Waals surface area (Å²) in [5.41, 5.74) is 7.32. The maximum absolute atomic E-state index is 7.26. The smallest absolute Gasteiger partial charge is 0.0923 e. The molecule has 1 aromatic carbocycles. The highest BCUT2D eigenvalue weighted by Gasteiger charge is 2.07. The van der Waals surface area contributed by atoms with Gasteiger partial charge >= 0.3 is 0 Å². The molecule has 0 spiro atoms. The third-order valence-corrected chi connectivity index (χ3v) is 3.04. The molecule has 0 atom stereocenters. The molecule has 0 saturated heterocycles. The average Bonchev–Trinajstić information content (AvgIpc) is 2.34. The Labute approximate surface area is 111 Å². The number of nitrogens with two attached hydrogens (primary N) is 1. The molecule has 0 aliphatic carbocycles. The molecule has 0 radical (unpaired) electrons. The predicted octanol–water partition coefficient (Wildman–Crippen LogP) is 2.65. The number of anilines is 1. The number of amidine groups is 1. The van der Waals surface area contributed by atoms with E-state index in [0.29, 0.717) is 18.0 Å². The standard InChI is InChI=1S/C13H15ClN4/c1-18(7-5-13(15)16)12-4-6-17-11-8-9(14)2-3-10(11)12/h2-4,6,8H,5,7H2,1H3,(H3,15,16). The minimum absolute atomic E-state index is 0.197. The van der Waals surface area contributed by atoms with Crippen LogP contribution in [0.2, 0.25) is 5.02 Å². The van der Waals surface area contributed by atoms with Crippen molar-refractivity contribution in [1.29, 1.82) is 5.41 Å². The second-order valence-electron chi connectivity index (χ2n) is 4.19. The molecule has 3 N–H and O–H groups in total. The first-order valence-electron chi connectivity index (χ1n) is 5.66. The van der Waals surface area contributed by atoms with Crippen molar-refractivity contribution in [2.75, 3.05) is 18.5 Å².